The lowest BCUT2D eigenvalue weighted by atomic mass is 9.99. The fourth-order valence-corrected chi connectivity index (χ4v) is 5.24. The summed E-state index contributed by atoms with van der Waals surface area (Å²) in [5, 5.41) is 10.1. The van der Waals surface area contributed by atoms with E-state index in [0.717, 1.165) is 16.7 Å². The van der Waals surface area contributed by atoms with Crippen LogP contribution in [0.25, 0.3) is 0 Å². The van der Waals surface area contributed by atoms with Crippen LogP contribution in [0.3, 0.4) is 0 Å². The van der Waals surface area contributed by atoms with Gasteiger partial charge in [-0.25, -0.2) is 0 Å². The summed E-state index contributed by atoms with van der Waals surface area (Å²) in [5.41, 5.74) is 2.43. The molecular weight excluding hydrogens is 484 g/mol. The van der Waals surface area contributed by atoms with Gasteiger partial charge in [0.15, 0.2) is 12.6 Å². The number of aliphatic hydroxyl groups is 1. The van der Waals surface area contributed by atoms with Crippen molar-refractivity contribution in [2.45, 2.75) is 48.8 Å². The van der Waals surface area contributed by atoms with Crippen molar-refractivity contribution in [3.8, 4) is 0 Å². The molecule has 0 radical (unpaired) electrons. The first-order valence-corrected chi connectivity index (χ1v) is 13.1. The van der Waals surface area contributed by atoms with E-state index in [1.165, 1.54) is 12.1 Å². The van der Waals surface area contributed by atoms with E-state index in [-0.39, 0.29) is 18.1 Å². The molecule has 3 aromatic carbocycles. The normalized spacial score (nSPS) is 28.4. The van der Waals surface area contributed by atoms with Gasteiger partial charge in [-0.3, -0.25) is 4.18 Å². The molecule has 190 valence electrons. The molecule has 2 heterocycles. The van der Waals surface area contributed by atoms with Gasteiger partial charge in [0.25, 0.3) is 10.1 Å². The topological polar surface area (TPSA) is 101 Å². The summed E-state index contributed by atoms with van der Waals surface area (Å²) in [7, 11) is -4.04. The first-order valence-electron chi connectivity index (χ1n) is 11.7. The van der Waals surface area contributed by atoms with Gasteiger partial charge >= 0.3 is 0 Å². The van der Waals surface area contributed by atoms with E-state index in [1.807, 2.05) is 67.6 Å². The molecule has 5 rings (SSSR count). The van der Waals surface area contributed by atoms with E-state index in [1.54, 1.807) is 12.1 Å². The Hall–Kier alpha value is -2.63. The molecule has 0 saturated carbocycles. The summed E-state index contributed by atoms with van der Waals surface area (Å²) in [6, 6.07) is 25.0. The third kappa shape index (κ3) is 5.37. The first-order chi connectivity index (χ1) is 17.4. The molecular formula is C27H28O8S. The van der Waals surface area contributed by atoms with E-state index in [0.29, 0.717) is 0 Å². The predicted molar refractivity (Wildman–Crippen MR) is 129 cm³/mol. The number of hydrogen-bond acceptors (Lipinski definition) is 8. The molecule has 3 aromatic rings. The van der Waals surface area contributed by atoms with Gasteiger partial charge in [0, 0.05) is 11.1 Å². The van der Waals surface area contributed by atoms with Crippen LogP contribution in [0.2, 0.25) is 0 Å². The highest BCUT2D eigenvalue weighted by Crippen LogP contribution is 2.40. The Morgan fingerprint density at radius 2 is 1.22 bits per heavy atom. The van der Waals surface area contributed by atoms with Crippen molar-refractivity contribution in [2.24, 2.45) is 0 Å². The monoisotopic (exact) mass is 512 g/mol. The van der Waals surface area contributed by atoms with Crippen molar-refractivity contribution in [3.63, 3.8) is 0 Å². The molecule has 6 atom stereocenters. The lowest BCUT2D eigenvalue weighted by Gasteiger charge is -2.48. The number of benzene rings is 3. The van der Waals surface area contributed by atoms with Crippen LogP contribution < -0.4 is 0 Å². The van der Waals surface area contributed by atoms with Gasteiger partial charge in [-0.15, -0.1) is 0 Å². The highest BCUT2D eigenvalue weighted by molar-refractivity contribution is 7.86. The Labute approximate surface area is 210 Å². The number of rotatable bonds is 7. The van der Waals surface area contributed by atoms with Gasteiger partial charge in [-0.1, -0.05) is 78.4 Å². The van der Waals surface area contributed by atoms with Crippen LogP contribution in [0.4, 0.5) is 0 Å². The molecule has 1 N–H and O–H groups in total. The third-order valence-electron chi connectivity index (χ3n) is 6.24. The second kappa shape index (κ2) is 10.8. The molecule has 0 aromatic heterocycles. The van der Waals surface area contributed by atoms with Crippen LogP contribution in [0.1, 0.15) is 29.3 Å². The highest BCUT2D eigenvalue weighted by Gasteiger charge is 2.50. The minimum Gasteiger partial charge on any atom is -0.394 e. The predicted octanol–water partition coefficient (Wildman–Crippen LogP) is 3.66. The Morgan fingerprint density at radius 3 is 1.75 bits per heavy atom. The van der Waals surface area contributed by atoms with E-state index >= 15 is 0 Å². The van der Waals surface area contributed by atoms with Crippen LogP contribution in [-0.2, 0) is 33.2 Å². The zero-order valence-electron chi connectivity index (χ0n) is 19.7. The van der Waals surface area contributed by atoms with Gasteiger partial charge in [-0.2, -0.15) is 8.42 Å². The van der Waals surface area contributed by atoms with Gasteiger partial charge in [0.1, 0.15) is 24.4 Å². The molecule has 2 aliphatic heterocycles. The van der Waals surface area contributed by atoms with Gasteiger partial charge in [-0.05, 0) is 19.1 Å². The summed E-state index contributed by atoms with van der Waals surface area (Å²) in [5.74, 6) is 0. The van der Waals surface area contributed by atoms with Crippen LogP contribution in [0.15, 0.2) is 89.8 Å². The maximum atomic E-state index is 12.9. The van der Waals surface area contributed by atoms with Gasteiger partial charge < -0.3 is 24.1 Å². The largest absolute Gasteiger partial charge is 0.394 e. The molecule has 0 amide bonds. The minimum absolute atomic E-state index is 0.0552. The van der Waals surface area contributed by atoms with Gasteiger partial charge in [0.2, 0.25) is 0 Å². The molecule has 8 nitrogen and oxygen atoms in total. The van der Waals surface area contributed by atoms with Crippen molar-refractivity contribution in [2.75, 3.05) is 13.2 Å². The Kier molecular flexibility index (Phi) is 7.49. The zero-order valence-corrected chi connectivity index (χ0v) is 20.5. The summed E-state index contributed by atoms with van der Waals surface area (Å²) in [4.78, 5) is 0.0552. The summed E-state index contributed by atoms with van der Waals surface area (Å²) in [6.07, 6.45) is -4.63. The number of fused-ring (bicyclic) bond motifs is 1. The van der Waals surface area contributed by atoms with Crippen LogP contribution in [-0.4, -0.2) is 51.2 Å². The van der Waals surface area contributed by atoms with E-state index in [4.69, 9.17) is 23.1 Å². The lowest BCUT2D eigenvalue weighted by Crippen LogP contribution is -2.60. The maximum absolute atomic E-state index is 12.9. The second-order valence-electron chi connectivity index (χ2n) is 8.77. The molecule has 0 bridgehead atoms. The molecule has 36 heavy (non-hydrogen) atoms. The number of aryl methyl sites for hydroxylation is 1. The van der Waals surface area contributed by atoms with Crippen molar-refractivity contribution >= 4 is 10.1 Å². The third-order valence-corrected chi connectivity index (χ3v) is 7.53. The van der Waals surface area contributed by atoms with E-state index < -0.39 is 47.1 Å². The number of hydrogen-bond donors (Lipinski definition) is 1. The van der Waals surface area contributed by atoms with Crippen molar-refractivity contribution in [3.05, 3.63) is 102 Å². The molecule has 2 aliphatic rings. The van der Waals surface area contributed by atoms with Crippen molar-refractivity contribution < 1.29 is 36.7 Å². The minimum atomic E-state index is -4.04. The summed E-state index contributed by atoms with van der Waals surface area (Å²) < 4.78 is 55.9. The Bertz CT molecular complexity index is 1230. The number of ether oxygens (including phenoxy) is 4. The van der Waals surface area contributed by atoms with E-state index in [9.17, 15) is 13.5 Å². The smallest absolute Gasteiger partial charge is 0.297 e. The molecule has 0 spiro atoms. The van der Waals surface area contributed by atoms with Crippen molar-refractivity contribution in [1.29, 1.82) is 0 Å². The molecule has 2 fully saturated rings. The fourth-order valence-electron chi connectivity index (χ4n) is 4.32. The summed E-state index contributed by atoms with van der Waals surface area (Å²) >= 11 is 0. The Balaban J connectivity index is 1.42. The highest BCUT2D eigenvalue weighted by atomic mass is 32.2. The Morgan fingerprint density at radius 1 is 0.722 bits per heavy atom. The van der Waals surface area contributed by atoms with Crippen molar-refractivity contribution in [1.82, 2.24) is 0 Å². The maximum Gasteiger partial charge on any atom is 0.297 e. The average Bonchev–Trinajstić information content (AvgIpc) is 2.92. The standard InChI is InChI=1S/C27H28O8S/c1-18-12-14-21(15-13-18)36(29,30)31-17-23-25-24(34-27(33-23)20-10-6-3-7-11-20)22(16-28)32-26(35-25)19-8-4-2-5-9-19/h2-15,22-28H,16-17H2,1H3/t22-,23-,24+,25+,26-,27+/m0/s1. The average molecular weight is 513 g/mol. The lowest BCUT2D eigenvalue weighted by molar-refractivity contribution is -0.386. The van der Waals surface area contributed by atoms with Gasteiger partial charge in [0.05, 0.1) is 18.1 Å². The molecule has 0 unspecified atom stereocenters. The van der Waals surface area contributed by atoms with Crippen LogP contribution in [0.5, 0.6) is 0 Å². The second-order valence-corrected chi connectivity index (χ2v) is 10.4. The SMILES string of the molecule is Cc1ccc(S(=O)(=O)OC[C@@H]2O[C@@H](c3ccccc3)O[C@H]3[C@@H]2O[C@@H](c2ccccc2)O[C@H]3CO)cc1. The van der Waals surface area contributed by atoms with Crippen LogP contribution in [0, 0.1) is 6.92 Å². The molecule has 2 saturated heterocycles. The van der Waals surface area contributed by atoms with E-state index in [2.05, 4.69) is 0 Å². The molecule has 0 aliphatic carbocycles. The zero-order chi connectivity index (χ0) is 25.1. The quantitative estimate of drug-likeness (QED) is 0.479. The molecule has 9 heteroatoms. The number of aliphatic hydroxyl groups excluding tert-OH is 1. The van der Waals surface area contributed by atoms with Crippen LogP contribution >= 0.6 is 0 Å². The fraction of sp³-hybridized carbons (Fsp3) is 0.333. The first kappa shape index (κ1) is 25.0. The summed E-state index contributed by atoms with van der Waals surface area (Å²) in [6.45, 7) is 1.26.